The van der Waals surface area contributed by atoms with Crippen LogP contribution in [0.2, 0.25) is 0 Å². The van der Waals surface area contributed by atoms with E-state index in [0.717, 1.165) is 51.6 Å². The Labute approximate surface area is 110 Å². The summed E-state index contributed by atoms with van der Waals surface area (Å²) in [6.07, 6.45) is 6.45. The molecule has 0 radical (unpaired) electrons. The van der Waals surface area contributed by atoms with Crippen molar-refractivity contribution in [1.82, 2.24) is 4.90 Å². The zero-order valence-electron chi connectivity index (χ0n) is 11.7. The minimum absolute atomic E-state index is 0.0188. The number of hydrogen-bond donors (Lipinski definition) is 1. The van der Waals surface area contributed by atoms with E-state index in [2.05, 4.69) is 0 Å². The van der Waals surface area contributed by atoms with E-state index in [1.165, 1.54) is 0 Å². The molecule has 1 aliphatic heterocycles. The second kappa shape index (κ2) is 5.57. The Morgan fingerprint density at radius 2 is 1.94 bits per heavy atom. The normalized spacial score (nSPS) is 34.6. The van der Waals surface area contributed by atoms with Crippen molar-refractivity contribution in [3.05, 3.63) is 0 Å². The van der Waals surface area contributed by atoms with Crippen LogP contribution >= 0.6 is 0 Å². The van der Waals surface area contributed by atoms with Crippen LogP contribution in [-0.4, -0.2) is 42.6 Å². The third kappa shape index (κ3) is 2.86. The largest absolute Gasteiger partial charge is 0.381 e. The molecule has 1 saturated carbocycles. The highest BCUT2D eigenvalue weighted by Gasteiger charge is 2.40. The number of carbonyl (C=O) groups excluding carboxylic acids is 1. The van der Waals surface area contributed by atoms with Gasteiger partial charge in [0.25, 0.3) is 0 Å². The van der Waals surface area contributed by atoms with Gasteiger partial charge < -0.3 is 15.4 Å². The maximum Gasteiger partial charge on any atom is 0.227 e. The topological polar surface area (TPSA) is 55.6 Å². The van der Waals surface area contributed by atoms with Crippen molar-refractivity contribution >= 4 is 5.91 Å². The lowest BCUT2D eigenvalue weighted by molar-refractivity contribution is -0.141. The molecule has 4 nitrogen and oxygen atoms in total. The fourth-order valence-corrected chi connectivity index (χ4v) is 3.30. The van der Waals surface area contributed by atoms with E-state index in [9.17, 15) is 4.79 Å². The minimum atomic E-state index is -0.312. The van der Waals surface area contributed by atoms with Gasteiger partial charge in [-0.15, -0.1) is 0 Å². The molecule has 0 aromatic carbocycles. The van der Waals surface area contributed by atoms with E-state index in [4.69, 9.17) is 10.5 Å². The van der Waals surface area contributed by atoms with Crippen molar-refractivity contribution in [1.29, 1.82) is 0 Å². The molecule has 0 bridgehead atoms. The molecule has 2 fully saturated rings. The van der Waals surface area contributed by atoms with E-state index < -0.39 is 0 Å². The quantitative estimate of drug-likeness (QED) is 0.813. The maximum atomic E-state index is 12.6. The van der Waals surface area contributed by atoms with Crippen molar-refractivity contribution in [3.63, 3.8) is 0 Å². The summed E-state index contributed by atoms with van der Waals surface area (Å²) in [5.74, 6) is 0.291. The fraction of sp³-hybridized carbons (Fsp3) is 0.929. The summed E-state index contributed by atoms with van der Waals surface area (Å²) >= 11 is 0. The summed E-state index contributed by atoms with van der Waals surface area (Å²) in [5, 5.41) is 0. The van der Waals surface area contributed by atoms with Gasteiger partial charge >= 0.3 is 0 Å². The van der Waals surface area contributed by atoms with E-state index in [0.29, 0.717) is 6.10 Å². The molecular weight excluding hydrogens is 228 g/mol. The first kappa shape index (κ1) is 13.8. The highest BCUT2D eigenvalue weighted by molar-refractivity contribution is 5.80. The summed E-state index contributed by atoms with van der Waals surface area (Å²) in [5.41, 5.74) is 6.00. The third-order valence-electron chi connectivity index (χ3n) is 4.64. The number of methoxy groups -OCH3 is 1. The Bertz CT molecular complexity index is 296. The molecule has 18 heavy (non-hydrogen) atoms. The number of likely N-dealkylation sites (tertiary alicyclic amines) is 1. The number of rotatable bonds is 2. The Morgan fingerprint density at radius 3 is 2.50 bits per heavy atom. The first-order valence-electron chi connectivity index (χ1n) is 7.15. The SMILES string of the molecule is COC1CCN(C(=O)C2CCCCC2(C)N)CC1. The molecule has 2 aliphatic rings. The van der Waals surface area contributed by atoms with Crippen LogP contribution in [0.25, 0.3) is 0 Å². The van der Waals surface area contributed by atoms with Crippen molar-refractivity contribution in [2.75, 3.05) is 20.2 Å². The highest BCUT2D eigenvalue weighted by Crippen LogP contribution is 2.33. The zero-order valence-corrected chi connectivity index (χ0v) is 11.7. The summed E-state index contributed by atoms with van der Waals surface area (Å²) in [6.45, 7) is 3.68. The molecule has 4 heteroatoms. The Balaban J connectivity index is 1.95. The van der Waals surface area contributed by atoms with Gasteiger partial charge in [0.15, 0.2) is 0 Å². The van der Waals surface area contributed by atoms with Crippen molar-refractivity contribution in [2.45, 2.75) is 57.1 Å². The molecule has 104 valence electrons. The van der Waals surface area contributed by atoms with Gasteiger partial charge in [0.05, 0.1) is 12.0 Å². The highest BCUT2D eigenvalue weighted by atomic mass is 16.5. The van der Waals surface area contributed by atoms with Crippen LogP contribution < -0.4 is 5.73 Å². The van der Waals surface area contributed by atoms with E-state index in [-0.39, 0.29) is 17.4 Å². The van der Waals surface area contributed by atoms with Crippen LogP contribution in [0.4, 0.5) is 0 Å². The van der Waals surface area contributed by atoms with E-state index in [1.54, 1.807) is 7.11 Å². The minimum Gasteiger partial charge on any atom is -0.381 e. The number of ether oxygens (including phenoxy) is 1. The number of nitrogens with zero attached hydrogens (tertiary/aromatic N) is 1. The van der Waals surface area contributed by atoms with Crippen LogP contribution in [0.3, 0.4) is 0 Å². The van der Waals surface area contributed by atoms with Gasteiger partial charge in [-0.2, -0.15) is 0 Å². The van der Waals surface area contributed by atoms with Gasteiger partial charge in [0.1, 0.15) is 0 Å². The second-order valence-electron chi connectivity index (χ2n) is 6.06. The van der Waals surface area contributed by atoms with Crippen molar-refractivity contribution < 1.29 is 9.53 Å². The number of hydrogen-bond acceptors (Lipinski definition) is 3. The maximum absolute atomic E-state index is 12.6. The summed E-state index contributed by atoms with van der Waals surface area (Å²) < 4.78 is 5.34. The predicted molar refractivity (Wildman–Crippen MR) is 71.2 cm³/mol. The molecule has 1 amide bonds. The molecule has 1 aliphatic carbocycles. The van der Waals surface area contributed by atoms with Gasteiger partial charge in [-0.05, 0) is 32.6 Å². The molecule has 0 aromatic rings. The average molecular weight is 254 g/mol. The summed E-state index contributed by atoms with van der Waals surface area (Å²) in [4.78, 5) is 14.6. The standard InChI is InChI=1S/C14H26N2O2/c1-14(15)8-4-3-5-12(14)13(17)16-9-6-11(18-2)7-10-16/h11-12H,3-10,15H2,1-2H3. The second-order valence-corrected chi connectivity index (χ2v) is 6.06. The van der Waals surface area contributed by atoms with Crippen molar-refractivity contribution in [2.24, 2.45) is 11.7 Å². The van der Waals surface area contributed by atoms with Gasteiger partial charge in [0, 0.05) is 25.7 Å². The van der Waals surface area contributed by atoms with Crippen LogP contribution in [0.5, 0.6) is 0 Å². The molecule has 2 N–H and O–H groups in total. The van der Waals surface area contributed by atoms with Gasteiger partial charge in [0.2, 0.25) is 5.91 Å². The molecule has 1 heterocycles. The smallest absolute Gasteiger partial charge is 0.227 e. The summed E-state index contributed by atoms with van der Waals surface area (Å²) in [6, 6.07) is 0. The van der Waals surface area contributed by atoms with Crippen LogP contribution in [-0.2, 0) is 9.53 Å². The molecular formula is C14H26N2O2. The van der Waals surface area contributed by atoms with Crippen LogP contribution in [0.15, 0.2) is 0 Å². The van der Waals surface area contributed by atoms with Gasteiger partial charge in [-0.3, -0.25) is 4.79 Å². The predicted octanol–water partition coefficient (Wildman–Crippen LogP) is 1.53. The fourth-order valence-electron chi connectivity index (χ4n) is 3.30. The molecule has 2 unspecified atom stereocenters. The zero-order chi connectivity index (χ0) is 13.2. The van der Waals surface area contributed by atoms with E-state index in [1.807, 2.05) is 11.8 Å². The molecule has 1 saturated heterocycles. The van der Waals surface area contributed by atoms with Crippen LogP contribution in [0, 0.1) is 5.92 Å². The monoisotopic (exact) mass is 254 g/mol. The Kier molecular flexibility index (Phi) is 4.28. The first-order valence-corrected chi connectivity index (χ1v) is 7.15. The Hall–Kier alpha value is -0.610. The third-order valence-corrected chi connectivity index (χ3v) is 4.64. The molecule has 2 atom stereocenters. The number of amides is 1. The molecule has 2 rings (SSSR count). The van der Waals surface area contributed by atoms with Crippen molar-refractivity contribution in [3.8, 4) is 0 Å². The lowest BCUT2D eigenvalue weighted by Crippen LogP contribution is -2.55. The lowest BCUT2D eigenvalue weighted by Gasteiger charge is -2.41. The first-order chi connectivity index (χ1) is 8.54. The van der Waals surface area contributed by atoms with Crippen LogP contribution in [0.1, 0.15) is 45.4 Å². The number of nitrogens with two attached hydrogens (primary N) is 1. The lowest BCUT2D eigenvalue weighted by atomic mass is 9.74. The average Bonchev–Trinajstić information content (AvgIpc) is 2.37. The van der Waals surface area contributed by atoms with Gasteiger partial charge in [-0.1, -0.05) is 12.8 Å². The number of carbonyl (C=O) groups is 1. The summed E-state index contributed by atoms with van der Waals surface area (Å²) in [7, 11) is 1.75. The van der Waals surface area contributed by atoms with E-state index >= 15 is 0 Å². The Morgan fingerprint density at radius 1 is 1.28 bits per heavy atom. The van der Waals surface area contributed by atoms with Gasteiger partial charge in [-0.25, -0.2) is 0 Å². The number of piperidine rings is 1. The molecule has 0 spiro atoms. The molecule has 0 aromatic heterocycles.